The number of morpholine rings is 1. The van der Waals surface area contributed by atoms with Crippen LogP contribution in [-0.4, -0.2) is 56.9 Å². The molecule has 0 spiro atoms. The topological polar surface area (TPSA) is 88.2 Å². The Morgan fingerprint density at radius 3 is 2.55 bits per heavy atom. The van der Waals surface area contributed by atoms with Gasteiger partial charge in [0, 0.05) is 17.9 Å². The quantitative estimate of drug-likeness (QED) is 0.779. The molecule has 152 valence electrons. The first-order valence-corrected chi connectivity index (χ1v) is 10.3. The van der Waals surface area contributed by atoms with Crippen LogP contribution in [0.1, 0.15) is 9.67 Å². The van der Waals surface area contributed by atoms with Crippen LogP contribution in [0.3, 0.4) is 0 Å². The van der Waals surface area contributed by atoms with Crippen LogP contribution in [0.5, 0.6) is 0 Å². The maximum absolute atomic E-state index is 12.2. The third-order valence-electron chi connectivity index (χ3n) is 4.65. The van der Waals surface area contributed by atoms with Crippen molar-refractivity contribution in [3.05, 3.63) is 45.6 Å². The summed E-state index contributed by atoms with van der Waals surface area (Å²) in [5, 5.41) is 4.88. The number of ether oxygens (including phenoxy) is 2. The summed E-state index contributed by atoms with van der Waals surface area (Å²) < 4.78 is 10.5. The first-order chi connectivity index (χ1) is 14.0. The van der Waals surface area contributed by atoms with Gasteiger partial charge in [-0.25, -0.2) is 4.79 Å². The lowest BCUT2D eigenvalue weighted by Gasteiger charge is -2.27. The van der Waals surface area contributed by atoms with Crippen molar-refractivity contribution in [2.24, 2.45) is 0 Å². The SMILES string of the molecule is O=C(NC[C@@H]1CN(c2ccc(N3CCOCC3=O)cc2)C(=O)O1)c1sccc1Cl. The zero-order chi connectivity index (χ0) is 20.4. The Hall–Kier alpha value is -2.62. The summed E-state index contributed by atoms with van der Waals surface area (Å²) in [6, 6.07) is 8.78. The Balaban J connectivity index is 1.36. The maximum Gasteiger partial charge on any atom is 0.414 e. The van der Waals surface area contributed by atoms with E-state index in [1.54, 1.807) is 40.6 Å². The molecule has 3 heterocycles. The van der Waals surface area contributed by atoms with E-state index in [4.69, 9.17) is 21.1 Å². The Morgan fingerprint density at radius 2 is 1.90 bits per heavy atom. The van der Waals surface area contributed by atoms with Gasteiger partial charge in [0.2, 0.25) is 0 Å². The average molecular weight is 436 g/mol. The van der Waals surface area contributed by atoms with Gasteiger partial charge in [0.15, 0.2) is 0 Å². The van der Waals surface area contributed by atoms with Crippen molar-refractivity contribution >= 4 is 52.2 Å². The van der Waals surface area contributed by atoms with Crippen LogP contribution in [0.4, 0.5) is 16.2 Å². The lowest BCUT2D eigenvalue weighted by atomic mass is 10.2. The average Bonchev–Trinajstić information content (AvgIpc) is 3.32. The molecule has 1 aromatic carbocycles. The van der Waals surface area contributed by atoms with Crippen LogP contribution in [0.25, 0.3) is 0 Å². The Morgan fingerprint density at radius 1 is 1.17 bits per heavy atom. The van der Waals surface area contributed by atoms with E-state index in [2.05, 4.69) is 5.32 Å². The molecule has 1 atom stereocenters. The lowest BCUT2D eigenvalue weighted by molar-refractivity contribution is -0.125. The number of benzene rings is 1. The van der Waals surface area contributed by atoms with E-state index in [-0.39, 0.29) is 25.0 Å². The molecule has 0 aliphatic carbocycles. The molecular weight excluding hydrogens is 418 g/mol. The van der Waals surface area contributed by atoms with Crippen LogP contribution in [0.15, 0.2) is 35.7 Å². The highest BCUT2D eigenvalue weighted by molar-refractivity contribution is 7.12. The molecule has 2 aromatic rings. The van der Waals surface area contributed by atoms with Crippen LogP contribution < -0.4 is 15.1 Å². The number of carbonyl (C=O) groups is 3. The second-order valence-electron chi connectivity index (χ2n) is 6.54. The minimum atomic E-state index is -0.478. The maximum atomic E-state index is 12.2. The predicted octanol–water partition coefficient (Wildman–Crippen LogP) is 2.52. The molecule has 0 bridgehead atoms. The summed E-state index contributed by atoms with van der Waals surface area (Å²) in [7, 11) is 0. The van der Waals surface area contributed by atoms with Crippen LogP contribution in [-0.2, 0) is 14.3 Å². The molecule has 2 aliphatic rings. The Kier molecular flexibility index (Phi) is 5.70. The van der Waals surface area contributed by atoms with Crippen LogP contribution in [0.2, 0.25) is 5.02 Å². The molecule has 8 nitrogen and oxygen atoms in total. The second-order valence-corrected chi connectivity index (χ2v) is 7.86. The van der Waals surface area contributed by atoms with Gasteiger partial charge in [-0.2, -0.15) is 0 Å². The van der Waals surface area contributed by atoms with Crippen molar-refractivity contribution < 1.29 is 23.9 Å². The number of cyclic esters (lactones) is 1. The molecule has 29 heavy (non-hydrogen) atoms. The number of amides is 3. The largest absolute Gasteiger partial charge is 0.442 e. The minimum Gasteiger partial charge on any atom is -0.442 e. The number of carbonyl (C=O) groups excluding carboxylic acids is 3. The molecule has 10 heteroatoms. The number of hydrogen-bond donors (Lipinski definition) is 1. The summed E-state index contributed by atoms with van der Waals surface area (Å²) >= 11 is 7.21. The fourth-order valence-electron chi connectivity index (χ4n) is 3.18. The summed E-state index contributed by atoms with van der Waals surface area (Å²) in [6.07, 6.45) is -0.945. The second kappa shape index (κ2) is 8.40. The number of hydrogen-bond acceptors (Lipinski definition) is 6. The van der Waals surface area contributed by atoms with Crippen molar-refractivity contribution in [2.45, 2.75) is 6.10 Å². The summed E-state index contributed by atoms with van der Waals surface area (Å²) in [4.78, 5) is 39.9. The molecule has 4 rings (SSSR count). The monoisotopic (exact) mass is 435 g/mol. The fraction of sp³-hybridized carbons (Fsp3) is 0.316. The van der Waals surface area contributed by atoms with E-state index in [0.29, 0.717) is 35.3 Å². The molecule has 3 amide bonds. The normalized spacial score (nSPS) is 19.4. The van der Waals surface area contributed by atoms with E-state index in [1.165, 1.54) is 16.2 Å². The molecule has 0 saturated carbocycles. The van der Waals surface area contributed by atoms with Gasteiger partial charge in [-0.1, -0.05) is 11.6 Å². The highest BCUT2D eigenvalue weighted by atomic mass is 35.5. The van der Waals surface area contributed by atoms with E-state index in [0.717, 1.165) is 5.69 Å². The zero-order valence-corrected chi connectivity index (χ0v) is 16.9. The van der Waals surface area contributed by atoms with Gasteiger partial charge in [-0.05, 0) is 35.7 Å². The first kappa shape index (κ1) is 19.7. The third kappa shape index (κ3) is 4.21. The first-order valence-electron chi connectivity index (χ1n) is 9.00. The van der Waals surface area contributed by atoms with Gasteiger partial charge in [0.05, 0.1) is 24.7 Å². The molecule has 0 radical (unpaired) electrons. The van der Waals surface area contributed by atoms with Crippen molar-refractivity contribution in [2.75, 3.05) is 42.6 Å². The van der Waals surface area contributed by atoms with Gasteiger partial charge in [0.1, 0.15) is 17.6 Å². The van der Waals surface area contributed by atoms with Gasteiger partial charge < -0.3 is 19.7 Å². The number of nitrogens with zero attached hydrogens (tertiary/aromatic N) is 2. The number of anilines is 2. The number of rotatable bonds is 5. The fourth-order valence-corrected chi connectivity index (χ4v) is 4.24. The Labute approximate surface area is 175 Å². The molecule has 2 saturated heterocycles. The highest BCUT2D eigenvalue weighted by Crippen LogP contribution is 2.26. The summed E-state index contributed by atoms with van der Waals surface area (Å²) in [6.45, 7) is 1.57. The highest BCUT2D eigenvalue weighted by Gasteiger charge is 2.33. The molecular formula is C19H18ClN3O5S. The van der Waals surface area contributed by atoms with E-state index >= 15 is 0 Å². The van der Waals surface area contributed by atoms with Crippen LogP contribution in [0, 0.1) is 0 Å². The van der Waals surface area contributed by atoms with Gasteiger partial charge >= 0.3 is 6.09 Å². The van der Waals surface area contributed by atoms with Gasteiger partial charge in [-0.15, -0.1) is 11.3 Å². The van der Waals surface area contributed by atoms with Crippen LogP contribution >= 0.6 is 22.9 Å². The van der Waals surface area contributed by atoms with Gasteiger partial charge in [-0.3, -0.25) is 14.5 Å². The zero-order valence-electron chi connectivity index (χ0n) is 15.3. The predicted molar refractivity (Wildman–Crippen MR) is 109 cm³/mol. The number of nitrogens with one attached hydrogen (secondary N) is 1. The van der Waals surface area contributed by atoms with Crippen molar-refractivity contribution in [3.8, 4) is 0 Å². The molecule has 2 aliphatic heterocycles. The molecule has 2 fully saturated rings. The molecule has 0 unspecified atom stereocenters. The summed E-state index contributed by atoms with van der Waals surface area (Å²) in [5.41, 5.74) is 1.42. The van der Waals surface area contributed by atoms with E-state index in [1.807, 2.05) is 0 Å². The van der Waals surface area contributed by atoms with Crippen molar-refractivity contribution in [1.82, 2.24) is 5.32 Å². The molecule has 1 N–H and O–H groups in total. The summed E-state index contributed by atoms with van der Waals surface area (Å²) in [5.74, 6) is -0.384. The van der Waals surface area contributed by atoms with Crippen molar-refractivity contribution in [1.29, 1.82) is 0 Å². The van der Waals surface area contributed by atoms with E-state index in [9.17, 15) is 14.4 Å². The lowest BCUT2D eigenvalue weighted by Crippen LogP contribution is -2.41. The molecule has 1 aromatic heterocycles. The Bertz CT molecular complexity index is 932. The number of thiophene rings is 1. The number of halogens is 1. The van der Waals surface area contributed by atoms with E-state index < -0.39 is 12.2 Å². The third-order valence-corrected chi connectivity index (χ3v) is 5.99. The smallest absolute Gasteiger partial charge is 0.414 e. The minimum absolute atomic E-state index is 0.0737. The van der Waals surface area contributed by atoms with Crippen molar-refractivity contribution in [3.63, 3.8) is 0 Å². The standard InChI is InChI=1S/C19H18ClN3O5S/c20-15-5-8-29-17(15)18(25)21-9-14-10-23(19(26)28-14)13-3-1-12(2-4-13)22-6-7-27-11-16(22)24/h1-5,8,14H,6-7,9-11H2,(H,21,25)/t14-/m1/s1. The van der Waals surface area contributed by atoms with Gasteiger partial charge in [0.25, 0.3) is 11.8 Å².